The Morgan fingerprint density at radius 1 is 1.04 bits per heavy atom. The molecule has 1 amide bonds. The maximum absolute atomic E-state index is 12.3. The van der Waals surface area contributed by atoms with Crippen molar-refractivity contribution in [3.05, 3.63) is 65.7 Å². The highest BCUT2D eigenvalue weighted by atomic mass is 79.9. The molecule has 0 saturated carbocycles. The van der Waals surface area contributed by atoms with Crippen molar-refractivity contribution in [1.82, 2.24) is 5.32 Å². The third-order valence-corrected chi connectivity index (χ3v) is 5.18. The van der Waals surface area contributed by atoms with Crippen molar-refractivity contribution in [3.8, 4) is 5.75 Å². The predicted octanol–water partition coefficient (Wildman–Crippen LogP) is 4.19. The standard InChI is InChI=1S/C19H20BrNO2/c1-23-18-10-6-5-9-15(18)14-11-16(20)19(22)21-17(12-14)13-7-3-2-4-8-13/h2-10,14,16-17H,11-12H2,1H3,(H,21,22). The number of methoxy groups -OCH3 is 1. The van der Waals surface area contributed by atoms with Crippen molar-refractivity contribution in [2.45, 2.75) is 29.6 Å². The number of halogens is 1. The summed E-state index contributed by atoms with van der Waals surface area (Å²) in [4.78, 5) is 12.2. The average molecular weight is 374 g/mol. The van der Waals surface area contributed by atoms with E-state index in [2.05, 4.69) is 39.4 Å². The lowest BCUT2D eigenvalue weighted by Crippen LogP contribution is -2.31. The second kappa shape index (κ2) is 7.18. The van der Waals surface area contributed by atoms with E-state index in [-0.39, 0.29) is 22.7 Å². The van der Waals surface area contributed by atoms with Gasteiger partial charge in [-0.1, -0.05) is 64.5 Å². The molecular weight excluding hydrogens is 354 g/mol. The first-order chi connectivity index (χ1) is 11.2. The number of alkyl halides is 1. The predicted molar refractivity (Wildman–Crippen MR) is 95.0 cm³/mol. The molecule has 2 aromatic rings. The van der Waals surface area contributed by atoms with Crippen LogP contribution in [0.1, 0.15) is 35.9 Å². The molecule has 0 bridgehead atoms. The first kappa shape index (κ1) is 16.1. The summed E-state index contributed by atoms with van der Waals surface area (Å²) in [5.74, 6) is 1.19. The third kappa shape index (κ3) is 3.58. The lowest BCUT2D eigenvalue weighted by atomic mass is 9.87. The zero-order chi connectivity index (χ0) is 16.2. The fourth-order valence-electron chi connectivity index (χ4n) is 3.22. The van der Waals surface area contributed by atoms with Gasteiger partial charge < -0.3 is 10.1 Å². The van der Waals surface area contributed by atoms with Crippen LogP contribution in [0.25, 0.3) is 0 Å². The van der Waals surface area contributed by atoms with Crippen molar-refractivity contribution in [3.63, 3.8) is 0 Å². The summed E-state index contributed by atoms with van der Waals surface area (Å²) < 4.78 is 5.52. The Kier molecular flexibility index (Phi) is 5.01. The normalized spacial score (nSPS) is 24.6. The van der Waals surface area contributed by atoms with E-state index < -0.39 is 0 Å². The van der Waals surface area contributed by atoms with E-state index >= 15 is 0 Å². The summed E-state index contributed by atoms with van der Waals surface area (Å²) in [7, 11) is 1.69. The van der Waals surface area contributed by atoms with Crippen LogP contribution in [-0.4, -0.2) is 17.8 Å². The molecule has 0 aromatic heterocycles. The van der Waals surface area contributed by atoms with Crippen LogP contribution in [0.4, 0.5) is 0 Å². The molecular formula is C19H20BrNO2. The molecule has 1 saturated heterocycles. The highest BCUT2D eigenvalue weighted by Gasteiger charge is 2.32. The Balaban J connectivity index is 1.95. The van der Waals surface area contributed by atoms with E-state index in [1.807, 2.05) is 36.4 Å². The summed E-state index contributed by atoms with van der Waals surface area (Å²) in [6.45, 7) is 0. The van der Waals surface area contributed by atoms with Crippen molar-refractivity contribution >= 4 is 21.8 Å². The number of carbonyl (C=O) groups is 1. The van der Waals surface area contributed by atoms with Gasteiger partial charge in [-0.05, 0) is 36.0 Å². The number of benzene rings is 2. The van der Waals surface area contributed by atoms with E-state index in [0.717, 1.165) is 29.7 Å². The van der Waals surface area contributed by atoms with E-state index in [4.69, 9.17) is 4.74 Å². The fraction of sp³-hybridized carbons (Fsp3) is 0.316. The van der Waals surface area contributed by atoms with Crippen LogP contribution < -0.4 is 10.1 Å². The Hall–Kier alpha value is -1.81. The van der Waals surface area contributed by atoms with Crippen molar-refractivity contribution < 1.29 is 9.53 Å². The van der Waals surface area contributed by atoms with Gasteiger partial charge in [-0.2, -0.15) is 0 Å². The SMILES string of the molecule is COc1ccccc1C1CC(Br)C(=O)NC(c2ccccc2)C1. The van der Waals surface area contributed by atoms with Gasteiger partial charge in [-0.15, -0.1) is 0 Å². The summed E-state index contributed by atoms with van der Waals surface area (Å²) in [5.41, 5.74) is 2.30. The number of amides is 1. The monoisotopic (exact) mass is 373 g/mol. The first-order valence-electron chi connectivity index (χ1n) is 7.81. The highest BCUT2D eigenvalue weighted by molar-refractivity contribution is 9.10. The summed E-state index contributed by atoms with van der Waals surface area (Å²) in [6.07, 6.45) is 1.62. The van der Waals surface area contributed by atoms with E-state index in [9.17, 15) is 4.79 Å². The lowest BCUT2D eigenvalue weighted by Gasteiger charge is -2.22. The smallest absolute Gasteiger partial charge is 0.234 e. The average Bonchev–Trinajstić information content (AvgIpc) is 2.75. The molecule has 0 spiro atoms. The largest absolute Gasteiger partial charge is 0.496 e. The first-order valence-corrected chi connectivity index (χ1v) is 8.73. The fourth-order valence-corrected chi connectivity index (χ4v) is 3.80. The molecule has 1 heterocycles. The molecule has 1 aliphatic heterocycles. The van der Waals surface area contributed by atoms with Crippen molar-refractivity contribution in [2.75, 3.05) is 7.11 Å². The molecule has 0 radical (unpaired) electrons. The zero-order valence-electron chi connectivity index (χ0n) is 13.0. The molecule has 0 aliphatic carbocycles. The van der Waals surface area contributed by atoms with Gasteiger partial charge in [0.05, 0.1) is 18.0 Å². The van der Waals surface area contributed by atoms with E-state index in [1.165, 1.54) is 0 Å². The second-order valence-corrected chi connectivity index (χ2v) is 6.95. The molecule has 23 heavy (non-hydrogen) atoms. The molecule has 1 N–H and O–H groups in total. The minimum Gasteiger partial charge on any atom is -0.496 e. The zero-order valence-corrected chi connectivity index (χ0v) is 14.6. The van der Waals surface area contributed by atoms with Crippen LogP contribution in [0, 0.1) is 0 Å². The minimum absolute atomic E-state index is 0.0150. The van der Waals surface area contributed by atoms with E-state index in [0.29, 0.717) is 0 Å². The van der Waals surface area contributed by atoms with E-state index in [1.54, 1.807) is 7.11 Å². The molecule has 1 aliphatic rings. The van der Waals surface area contributed by atoms with Crippen LogP contribution in [0.5, 0.6) is 5.75 Å². The van der Waals surface area contributed by atoms with Gasteiger partial charge in [-0.25, -0.2) is 0 Å². The highest BCUT2D eigenvalue weighted by Crippen LogP contribution is 2.39. The number of para-hydroxylation sites is 1. The van der Waals surface area contributed by atoms with Gasteiger partial charge in [0.1, 0.15) is 5.75 Å². The molecule has 3 atom stereocenters. The Bertz CT molecular complexity index is 674. The maximum Gasteiger partial charge on any atom is 0.234 e. The Morgan fingerprint density at radius 2 is 1.74 bits per heavy atom. The van der Waals surface area contributed by atoms with Gasteiger partial charge in [-0.3, -0.25) is 4.79 Å². The third-order valence-electron chi connectivity index (χ3n) is 4.39. The molecule has 2 aromatic carbocycles. The molecule has 1 fully saturated rings. The van der Waals surface area contributed by atoms with Crippen LogP contribution in [0.2, 0.25) is 0 Å². The van der Waals surface area contributed by atoms with Crippen LogP contribution in [0.15, 0.2) is 54.6 Å². The summed E-state index contributed by atoms with van der Waals surface area (Å²) >= 11 is 3.54. The number of ether oxygens (including phenoxy) is 1. The summed E-state index contributed by atoms with van der Waals surface area (Å²) in [5, 5.41) is 3.16. The Labute approximate surface area is 145 Å². The summed E-state index contributed by atoms with van der Waals surface area (Å²) in [6, 6.07) is 18.2. The maximum atomic E-state index is 12.3. The molecule has 3 nitrogen and oxygen atoms in total. The van der Waals surface area contributed by atoms with Crippen LogP contribution >= 0.6 is 15.9 Å². The van der Waals surface area contributed by atoms with Gasteiger partial charge in [0.15, 0.2) is 0 Å². The van der Waals surface area contributed by atoms with Crippen molar-refractivity contribution in [2.24, 2.45) is 0 Å². The lowest BCUT2D eigenvalue weighted by molar-refractivity contribution is -0.120. The molecule has 3 unspecified atom stereocenters. The van der Waals surface area contributed by atoms with Crippen LogP contribution in [-0.2, 0) is 4.79 Å². The van der Waals surface area contributed by atoms with Crippen LogP contribution in [0.3, 0.4) is 0 Å². The second-order valence-electron chi connectivity index (χ2n) is 5.85. The van der Waals surface area contributed by atoms with Gasteiger partial charge in [0.25, 0.3) is 0 Å². The number of hydrogen-bond donors (Lipinski definition) is 1. The van der Waals surface area contributed by atoms with Gasteiger partial charge >= 0.3 is 0 Å². The Morgan fingerprint density at radius 3 is 2.48 bits per heavy atom. The quantitative estimate of drug-likeness (QED) is 0.818. The number of rotatable bonds is 3. The van der Waals surface area contributed by atoms with Crippen molar-refractivity contribution in [1.29, 1.82) is 0 Å². The molecule has 3 rings (SSSR count). The van der Waals surface area contributed by atoms with Gasteiger partial charge in [0.2, 0.25) is 5.91 Å². The number of carbonyl (C=O) groups excluding carboxylic acids is 1. The number of nitrogens with one attached hydrogen (secondary N) is 1. The molecule has 120 valence electrons. The topological polar surface area (TPSA) is 38.3 Å². The minimum atomic E-state index is -0.189. The molecule has 4 heteroatoms. The number of hydrogen-bond acceptors (Lipinski definition) is 2. The van der Waals surface area contributed by atoms with Gasteiger partial charge in [0, 0.05) is 0 Å².